The van der Waals surface area contributed by atoms with Gasteiger partial charge in [-0.05, 0) is 49.8 Å². The van der Waals surface area contributed by atoms with E-state index in [0.29, 0.717) is 11.9 Å². The summed E-state index contributed by atoms with van der Waals surface area (Å²) in [5.41, 5.74) is 1.54. The molecule has 1 saturated heterocycles. The second-order valence-corrected chi connectivity index (χ2v) is 16.0. The smallest absolute Gasteiger partial charge is 0.407 e. The van der Waals surface area contributed by atoms with Crippen LogP contribution in [0.4, 0.5) is 4.79 Å². The predicted octanol–water partition coefficient (Wildman–Crippen LogP) is 4.06. The molecular weight excluding hydrogens is 620 g/mol. The SMILES string of the molecule is CC(C)C(NC(=O)OC[C@@H]1O[C@@H]1[C@H](Cc1ccccc1)NC(=O)[C@@H](NC(=O)c1ccc2ccccc2n1)C(C)(C)S(C)(=O)=O)C(C)C. The van der Waals surface area contributed by atoms with E-state index in [4.69, 9.17) is 9.47 Å². The third-order valence-electron chi connectivity index (χ3n) is 8.76. The lowest BCUT2D eigenvalue weighted by Gasteiger charge is -2.33. The molecule has 0 radical (unpaired) electrons. The molecule has 1 aromatic heterocycles. The Morgan fingerprint density at radius 3 is 2.17 bits per heavy atom. The monoisotopic (exact) mass is 666 g/mol. The molecular formula is C35H46N4O7S. The molecule has 1 aliphatic rings. The fraction of sp³-hybridized carbons (Fsp3) is 0.486. The van der Waals surface area contributed by atoms with E-state index in [2.05, 4.69) is 20.9 Å². The van der Waals surface area contributed by atoms with Gasteiger partial charge in [0.25, 0.3) is 5.91 Å². The fourth-order valence-corrected chi connectivity index (χ4v) is 6.23. The zero-order chi connectivity index (χ0) is 34.5. The average Bonchev–Trinajstić information content (AvgIpc) is 3.80. The Labute approximate surface area is 277 Å². The molecule has 4 atom stereocenters. The maximum absolute atomic E-state index is 14.0. The molecule has 12 heteroatoms. The highest BCUT2D eigenvalue weighted by Gasteiger charge is 2.49. The number of para-hydroxylation sites is 1. The van der Waals surface area contributed by atoms with Crippen LogP contribution in [0.25, 0.3) is 10.9 Å². The second kappa shape index (κ2) is 14.8. The van der Waals surface area contributed by atoms with Crippen molar-refractivity contribution in [3.05, 3.63) is 78.0 Å². The van der Waals surface area contributed by atoms with Gasteiger partial charge in [-0.3, -0.25) is 9.59 Å². The Hall–Kier alpha value is -4.03. The Balaban J connectivity index is 1.52. The Bertz CT molecular complexity index is 1670. The Morgan fingerprint density at radius 1 is 0.894 bits per heavy atom. The molecule has 3 aromatic rings. The molecule has 47 heavy (non-hydrogen) atoms. The molecule has 0 saturated carbocycles. The van der Waals surface area contributed by atoms with Gasteiger partial charge in [-0.25, -0.2) is 18.2 Å². The number of epoxide rings is 1. The zero-order valence-electron chi connectivity index (χ0n) is 28.0. The lowest BCUT2D eigenvalue weighted by Crippen LogP contribution is -2.62. The number of hydrogen-bond donors (Lipinski definition) is 3. The van der Waals surface area contributed by atoms with Crippen molar-refractivity contribution in [1.82, 2.24) is 20.9 Å². The summed E-state index contributed by atoms with van der Waals surface area (Å²) in [5, 5.41) is 9.35. The van der Waals surface area contributed by atoms with Crippen LogP contribution < -0.4 is 16.0 Å². The number of sulfone groups is 1. The first-order valence-corrected chi connectivity index (χ1v) is 17.8. The Morgan fingerprint density at radius 2 is 1.53 bits per heavy atom. The summed E-state index contributed by atoms with van der Waals surface area (Å²) in [4.78, 5) is 44.4. The fourth-order valence-electron chi connectivity index (χ4n) is 5.63. The number of ether oxygens (including phenoxy) is 2. The molecule has 0 bridgehead atoms. The van der Waals surface area contributed by atoms with Crippen LogP contribution in [0.1, 0.15) is 57.6 Å². The summed E-state index contributed by atoms with van der Waals surface area (Å²) in [6.45, 7) is 10.9. The van der Waals surface area contributed by atoms with Crippen molar-refractivity contribution >= 4 is 38.6 Å². The summed E-state index contributed by atoms with van der Waals surface area (Å²) in [7, 11) is -3.85. The first-order valence-electron chi connectivity index (χ1n) is 15.9. The van der Waals surface area contributed by atoms with Crippen LogP contribution in [-0.2, 0) is 30.5 Å². The first kappa shape index (κ1) is 35.8. The number of amides is 3. The van der Waals surface area contributed by atoms with E-state index in [1.807, 2.05) is 70.2 Å². The number of carbonyl (C=O) groups excluding carboxylic acids is 3. The standard InChI is InChI=1S/C35H46N4O7S/c1-21(2)29(22(3)4)38-34(42)45-20-28-30(46-28)27(19-23-13-9-8-10-14-23)37-33(41)31(35(5,6)47(7,43)44)39-32(40)26-18-17-24-15-11-12-16-25(24)36-26/h8-18,21-22,27-31H,19-20H2,1-7H3,(H,37,41)(H,38,42)(H,39,40)/t27-,28-,30+,31+/m0/s1. The highest BCUT2D eigenvalue weighted by molar-refractivity contribution is 7.92. The number of carbonyl (C=O) groups is 3. The maximum Gasteiger partial charge on any atom is 0.407 e. The molecule has 1 fully saturated rings. The molecule has 3 N–H and O–H groups in total. The van der Waals surface area contributed by atoms with E-state index in [9.17, 15) is 22.8 Å². The van der Waals surface area contributed by atoms with E-state index in [1.165, 1.54) is 19.9 Å². The van der Waals surface area contributed by atoms with Gasteiger partial charge in [0.05, 0.1) is 16.3 Å². The van der Waals surface area contributed by atoms with Crippen molar-refractivity contribution in [2.24, 2.45) is 11.8 Å². The van der Waals surface area contributed by atoms with E-state index in [0.717, 1.165) is 17.2 Å². The van der Waals surface area contributed by atoms with Gasteiger partial charge >= 0.3 is 6.09 Å². The number of nitrogens with one attached hydrogen (secondary N) is 3. The third-order valence-corrected chi connectivity index (χ3v) is 10.9. The number of hydrogen-bond acceptors (Lipinski definition) is 8. The van der Waals surface area contributed by atoms with Crippen LogP contribution in [0.5, 0.6) is 0 Å². The number of rotatable bonds is 14. The van der Waals surface area contributed by atoms with E-state index in [1.54, 1.807) is 18.2 Å². The van der Waals surface area contributed by atoms with Crippen LogP contribution in [0.2, 0.25) is 0 Å². The quantitative estimate of drug-likeness (QED) is 0.218. The molecule has 3 amide bonds. The van der Waals surface area contributed by atoms with Gasteiger partial charge in [0.2, 0.25) is 5.91 Å². The lowest BCUT2D eigenvalue weighted by molar-refractivity contribution is -0.124. The van der Waals surface area contributed by atoms with Gasteiger partial charge in [-0.1, -0.05) is 82.3 Å². The van der Waals surface area contributed by atoms with Crippen molar-refractivity contribution in [1.29, 1.82) is 0 Å². The zero-order valence-corrected chi connectivity index (χ0v) is 28.8. The summed E-state index contributed by atoms with van der Waals surface area (Å²) >= 11 is 0. The van der Waals surface area contributed by atoms with Crippen molar-refractivity contribution in [2.75, 3.05) is 12.9 Å². The van der Waals surface area contributed by atoms with Crippen molar-refractivity contribution < 1.29 is 32.3 Å². The van der Waals surface area contributed by atoms with Crippen LogP contribution in [-0.4, -0.2) is 79.3 Å². The average molecular weight is 667 g/mol. The number of alkyl carbamates (subject to hydrolysis) is 1. The van der Waals surface area contributed by atoms with Crippen LogP contribution in [0.3, 0.4) is 0 Å². The molecule has 0 unspecified atom stereocenters. The largest absolute Gasteiger partial charge is 0.447 e. The van der Waals surface area contributed by atoms with Gasteiger partial charge in [-0.15, -0.1) is 0 Å². The minimum atomic E-state index is -3.85. The molecule has 254 valence electrons. The molecule has 11 nitrogen and oxygen atoms in total. The second-order valence-electron chi connectivity index (χ2n) is 13.4. The van der Waals surface area contributed by atoms with E-state index >= 15 is 0 Å². The van der Waals surface area contributed by atoms with Gasteiger partial charge in [-0.2, -0.15) is 0 Å². The van der Waals surface area contributed by atoms with E-state index < -0.39 is 56.8 Å². The van der Waals surface area contributed by atoms with Gasteiger partial charge in [0.15, 0.2) is 9.84 Å². The number of aromatic nitrogens is 1. The van der Waals surface area contributed by atoms with Crippen molar-refractivity contribution in [2.45, 2.75) is 83.0 Å². The number of nitrogens with zero attached hydrogens (tertiary/aromatic N) is 1. The van der Waals surface area contributed by atoms with Gasteiger partial charge < -0.3 is 25.4 Å². The van der Waals surface area contributed by atoms with Crippen molar-refractivity contribution in [3.63, 3.8) is 0 Å². The summed E-state index contributed by atoms with van der Waals surface area (Å²) < 4.78 is 35.6. The first-order chi connectivity index (χ1) is 22.1. The minimum Gasteiger partial charge on any atom is -0.447 e. The number of benzene rings is 2. The minimum absolute atomic E-state index is 0.0246. The third kappa shape index (κ3) is 9.07. The number of pyridine rings is 1. The summed E-state index contributed by atoms with van der Waals surface area (Å²) in [6, 6.07) is 17.8. The lowest BCUT2D eigenvalue weighted by atomic mass is 9.93. The topological polar surface area (TPSA) is 156 Å². The van der Waals surface area contributed by atoms with Crippen LogP contribution >= 0.6 is 0 Å². The normalized spacial score (nSPS) is 17.7. The summed E-state index contributed by atoms with van der Waals surface area (Å²) in [6.07, 6.45) is -0.160. The molecule has 1 aliphatic heterocycles. The van der Waals surface area contributed by atoms with Crippen LogP contribution in [0.15, 0.2) is 66.7 Å². The van der Waals surface area contributed by atoms with Gasteiger partial charge in [0.1, 0.15) is 30.6 Å². The van der Waals surface area contributed by atoms with Crippen molar-refractivity contribution in [3.8, 4) is 0 Å². The molecule has 4 rings (SSSR count). The maximum atomic E-state index is 14.0. The van der Waals surface area contributed by atoms with E-state index in [-0.39, 0.29) is 30.2 Å². The predicted molar refractivity (Wildman–Crippen MR) is 181 cm³/mol. The molecule has 2 heterocycles. The molecule has 0 aliphatic carbocycles. The van der Waals surface area contributed by atoms with Crippen LogP contribution in [0, 0.1) is 11.8 Å². The highest BCUT2D eigenvalue weighted by atomic mass is 32.2. The highest BCUT2D eigenvalue weighted by Crippen LogP contribution is 2.29. The molecule has 2 aromatic carbocycles. The van der Waals surface area contributed by atoms with Gasteiger partial charge in [0, 0.05) is 17.7 Å². The molecule has 0 spiro atoms. The summed E-state index contributed by atoms with van der Waals surface area (Å²) in [5.74, 6) is -0.937. The Kier molecular flexibility index (Phi) is 11.3. The number of fused-ring (bicyclic) bond motifs is 1.